The second kappa shape index (κ2) is 5.72. The number of ether oxygens (including phenoxy) is 1. The first kappa shape index (κ1) is 13.4. The zero-order chi connectivity index (χ0) is 13.0. The number of methoxy groups -OCH3 is 1. The van der Waals surface area contributed by atoms with Crippen LogP contribution in [-0.2, 0) is 12.8 Å². The van der Waals surface area contributed by atoms with Crippen molar-refractivity contribution in [3.05, 3.63) is 29.3 Å². The fraction of sp³-hybridized carbons (Fsp3) is 0.600. The average molecular weight is 249 g/mol. The maximum absolute atomic E-state index is 9.29. The molecule has 0 radical (unpaired) electrons. The number of hydrogen-bond donors (Lipinski definition) is 2. The van der Waals surface area contributed by atoms with E-state index in [2.05, 4.69) is 24.4 Å². The standard InChI is InChI=1S/C15H23NO2/c1-3-16-15(8-9-17)7-6-12-4-5-14(18-2)10-13(12)11-15/h4-5,10,16-17H,3,6-9,11H2,1-2H3. The van der Waals surface area contributed by atoms with E-state index < -0.39 is 0 Å². The van der Waals surface area contributed by atoms with E-state index in [1.807, 2.05) is 6.07 Å². The van der Waals surface area contributed by atoms with Crippen LogP contribution >= 0.6 is 0 Å². The van der Waals surface area contributed by atoms with Crippen molar-refractivity contribution in [3.8, 4) is 5.75 Å². The van der Waals surface area contributed by atoms with Gasteiger partial charge in [-0.15, -0.1) is 0 Å². The minimum atomic E-state index is 0.0584. The topological polar surface area (TPSA) is 41.5 Å². The Hall–Kier alpha value is -1.06. The van der Waals surface area contributed by atoms with Crippen molar-refractivity contribution < 1.29 is 9.84 Å². The number of nitrogens with one attached hydrogen (secondary N) is 1. The maximum Gasteiger partial charge on any atom is 0.119 e. The number of aliphatic hydroxyl groups is 1. The predicted octanol–water partition coefficient (Wildman–Crippen LogP) is 1.91. The number of aryl methyl sites for hydroxylation is 1. The van der Waals surface area contributed by atoms with Crippen molar-refractivity contribution >= 4 is 0 Å². The first-order valence-corrected chi connectivity index (χ1v) is 6.75. The maximum atomic E-state index is 9.29. The third-order valence-corrected chi connectivity index (χ3v) is 3.96. The molecule has 1 aromatic carbocycles. The van der Waals surface area contributed by atoms with Crippen molar-refractivity contribution in [3.63, 3.8) is 0 Å². The molecule has 1 unspecified atom stereocenters. The summed E-state index contributed by atoms with van der Waals surface area (Å²) in [7, 11) is 1.70. The molecule has 0 amide bonds. The first-order valence-electron chi connectivity index (χ1n) is 6.75. The number of aliphatic hydroxyl groups excluding tert-OH is 1. The van der Waals surface area contributed by atoms with Crippen LogP contribution in [0.4, 0.5) is 0 Å². The smallest absolute Gasteiger partial charge is 0.119 e. The lowest BCUT2D eigenvalue weighted by Gasteiger charge is -2.39. The average Bonchev–Trinajstić information content (AvgIpc) is 2.38. The van der Waals surface area contributed by atoms with Gasteiger partial charge >= 0.3 is 0 Å². The summed E-state index contributed by atoms with van der Waals surface area (Å²) in [5, 5.41) is 12.9. The molecule has 0 aromatic heterocycles. The molecule has 3 heteroatoms. The van der Waals surface area contributed by atoms with Crippen molar-refractivity contribution in [2.75, 3.05) is 20.3 Å². The van der Waals surface area contributed by atoms with Gasteiger partial charge in [0.05, 0.1) is 7.11 Å². The highest BCUT2D eigenvalue weighted by molar-refractivity contribution is 5.39. The highest BCUT2D eigenvalue weighted by Gasteiger charge is 2.33. The Labute approximate surface area is 109 Å². The second-order valence-electron chi connectivity index (χ2n) is 5.10. The van der Waals surface area contributed by atoms with Crippen LogP contribution in [0.25, 0.3) is 0 Å². The van der Waals surface area contributed by atoms with E-state index in [0.29, 0.717) is 0 Å². The van der Waals surface area contributed by atoms with Crippen LogP contribution in [0, 0.1) is 0 Å². The van der Waals surface area contributed by atoms with Gasteiger partial charge in [-0.05, 0) is 55.5 Å². The minimum absolute atomic E-state index is 0.0584. The molecule has 0 heterocycles. The molecule has 2 N–H and O–H groups in total. The van der Waals surface area contributed by atoms with Crippen LogP contribution < -0.4 is 10.1 Å². The van der Waals surface area contributed by atoms with Gasteiger partial charge in [0.25, 0.3) is 0 Å². The Morgan fingerprint density at radius 1 is 1.39 bits per heavy atom. The van der Waals surface area contributed by atoms with Gasteiger partial charge in [0.15, 0.2) is 0 Å². The molecule has 0 saturated carbocycles. The van der Waals surface area contributed by atoms with E-state index in [9.17, 15) is 5.11 Å². The van der Waals surface area contributed by atoms with Gasteiger partial charge in [0, 0.05) is 12.1 Å². The van der Waals surface area contributed by atoms with Crippen LogP contribution in [0.5, 0.6) is 5.75 Å². The van der Waals surface area contributed by atoms with Gasteiger partial charge in [-0.25, -0.2) is 0 Å². The van der Waals surface area contributed by atoms with Crippen molar-refractivity contribution in [2.45, 2.75) is 38.1 Å². The van der Waals surface area contributed by atoms with E-state index in [0.717, 1.165) is 38.0 Å². The van der Waals surface area contributed by atoms with E-state index in [1.165, 1.54) is 11.1 Å². The molecule has 1 aromatic rings. The van der Waals surface area contributed by atoms with Crippen LogP contribution in [0.3, 0.4) is 0 Å². The molecule has 18 heavy (non-hydrogen) atoms. The number of benzene rings is 1. The van der Waals surface area contributed by atoms with E-state index >= 15 is 0 Å². The van der Waals surface area contributed by atoms with Gasteiger partial charge in [-0.3, -0.25) is 0 Å². The van der Waals surface area contributed by atoms with Gasteiger partial charge in [0.2, 0.25) is 0 Å². The molecule has 1 aliphatic rings. The molecule has 100 valence electrons. The van der Waals surface area contributed by atoms with E-state index in [4.69, 9.17) is 4.74 Å². The molecule has 2 rings (SSSR count). The fourth-order valence-corrected chi connectivity index (χ4v) is 3.01. The summed E-state index contributed by atoms with van der Waals surface area (Å²) in [6.07, 6.45) is 3.97. The fourth-order valence-electron chi connectivity index (χ4n) is 3.01. The minimum Gasteiger partial charge on any atom is -0.497 e. The van der Waals surface area contributed by atoms with E-state index in [1.54, 1.807) is 7.11 Å². The molecule has 1 atom stereocenters. The second-order valence-corrected chi connectivity index (χ2v) is 5.10. The lowest BCUT2D eigenvalue weighted by molar-refractivity contribution is 0.194. The summed E-state index contributed by atoms with van der Waals surface area (Å²) >= 11 is 0. The molecule has 0 fully saturated rings. The molecule has 0 bridgehead atoms. The van der Waals surface area contributed by atoms with Crippen LogP contribution in [0.1, 0.15) is 30.9 Å². The van der Waals surface area contributed by atoms with Crippen molar-refractivity contribution in [2.24, 2.45) is 0 Å². The number of likely N-dealkylation sites (N-methyl/N-ethyl adjacent to an activating group) is 1. The summed E-state index contributed by atoms with van der Waals surface area (Å²) in [5.74, 6) is 0.921. The number of fused-ring (bicyclic) bond motifs is 1. The Morgan fingerprint density at radius 3 is 2.89 bits per heavy atom. The van der Waals surface area contributed by atoms with Gasteiger partial charge in [-0.1, -0.05) is 13.0 Å². The third-order valence-electron chi connectivity index (χ3n) is 3.96. The summed E-state index contributed by atoms with van der Waals surface area (Å²) in [4.78, 5) is 0. The molecule has 0 aliphatic heterocycles. The molecule has 0 spiro atoms. The van der Waals surface area contributed by atoms with Crippen molar-refractivity contribution in [1.82, 2.24) is 5.32 Å². The van der Waals surface area contributed by atoms with Crippen molar-refractivity contribution in [1.29, 1.82) is 0 Å². The zero-order valence-electron chi connectivity index (χ0n) is 11.3. The number of rotatable bonds is 5. The normalized spacial score (nSPS) is 22.6. The Bertz CT molecular complexity index is 397. The highest BCUT2D eigenvalue weighted by Crippen LogP contribution is 2.33. The highest BCUT2D eigenvalue weighted by atomic mass is 16.5. The van der Waals surface area contributed by atoms with Gasteiger partial charge in [0.1, 0.15) is 5.75 Å². The molecule has 0 saturated heterocycles. The third kappa shape index (κ3) is 2.68. The van der Waals surface area contributed by atoms with E-state index in [-0.39, 0.29) is 12.1 Å². The molecular weight excluding hydrogens is 226 g/mol. The molecule has 1 aliphatic carbocycles. The summed E-state index contributed by atoms with van der Waals surface area (Å²) in [6, 6.07) is 6.34. The summed E-state index contributed by atoms with van der Waals surface area (Å²) < 4.78 is 5.30. The van der Waals surface area contributed by atoms with Crippen LogP contribution in [0.2, 0.25) is 0 Å². The van der Waals surface area contributed by atoms with Gasteiger partial charge in [-0.2, -0.15) is 0 Å². The first-order chi connectivity index (χ1) is 8.73. The quantitative estimate of drug-likeness (QED) is 0.837. The Kier molecular flexibility index (Phi) is 4.25. The van der Waals surface area contributed by atoms with Gasteiger partial charge < -0.3 is 15.2 Å². The Morgan fingerprint density at radius 2 is 2.22 bits per heavy atom. The summed E-state index contributed by atoms with van der Waals surface area (Å²) in [6.45, 7) is 3.31. The largest absolute Gasteiger partial charge is 0.497 e. The monoisotopic (exact) mass is 249 g/mol. The van der Waals surface area contributed by atoms with Crippen LogP contribution in [-0.4, -0.2) is 30.9 Å². The number of hydrogen-bond acceptors (Lipinski definition) is 3. The molecular formula is C15H23NO2. The summed E-state index contributed by atoms with van der Waals surface area (Å²) in [5.41, 5.74) is 2.83. The Balaban J connectivity index is 2.24. The zero-order valence-corrected chi connectivity index (χ0v) is 11.3. The lowest BCUT2D eigenvalue weighted by atomic mass is 9.76. The predicted molar refractivity (Wildman–Crippen MR) is 73.1 cm³/mol. The lowest BCUT2D eigenvalue weighted by Crippen LogP contribution is -2.50. The SMILES string of the molecule is CCNC1(CCO)CCc2ccc(OC)cc2C1. The van der Waals surface area contributed by atoms with Crippen LogP contribution in [0.15, 0.2) is 18.2 Å². The molecule has 3 nitrogen and oxygen atoms in total.